The highest BCUT2D eigenvalue weighted by molar-refractivity contribution is 5.99. The van der Waals surface area contributed by atoms with E-state index in [4.69, 9.17) is 9.47 Å². The van der Waals surface area contributed by atoms with Crippen LogP contribution < -0.4 is 14.8 Å². The Balaban J connectivity index is 1.68. The van der Waals surface area contributed by atoms with Gasteiger partial charge in [0.2, 0.25) is 11.8 Å². The lowest BCUT2D eigenvalue weighted by molar-refractivity contribution is -0.143. The minimum atomic E-state index is -0.612. The molecule has 2 atom stereocenters. The summed E-state index contributed by atoms with van der Waals surface area (Å²) in [4.78, 5) is 32.2. The molecule has 0 radical (unpaired) electrons. The molecule has 3 heterocycles. The first-order valence-corrected chi connectivity index (χ1v) is 9.50. The molecule has 162 valence electrons. The minimum Gasteiger partial charge on any atom is -0.493 e. The fraction of sp³-hybridized carbons (Fsp3) is 0.333. The van der Waals surface area contributed by atoms with Gasteiger partial charge in [-0.2, -0.15) is 0 Å². The number of anilines is 1. The van der Waals surface area contributed by atoms with Crippen molar-refractivity contribution in [2.24, 2.45) is 18.9 Å². The number of amides is 1. The van der Waals surface area contributed by atoms with Gasteiger partial charge in [-0.1, -0.05) is 0 Å². The monoisotopic (exact) mass is 428 g/mol. The van der Waals surface area contributed by atoms with E-state index in [1.54, 1.807) is 19.3 Å². The molecule has 31 heavy (non-hydrogen) atoms. The first-order chi connectivity index (χ1) is 14.9. The molecule has 1 amide bonds. The summed E-state index contributed by atoms with van der Waals surface area (Å²) in [6.45, 7) is 0. The first kappa shape index (κ1) is 20.6. The third kappa shape index (κ3) is 3.54. The molecule has 0 spiro atoms. The molecule has 1 N–H and O–H groups in total. The minimum absolute atomic E-state index is 0.0156. The molecule has 3 aromatic heterocycles. The number of rotatable bonds is 6. The molecule has 1 fully saturated rings. The maximum atomic E-state index is 14.3. The Kier molecular flexibility index (Phi) is 5.22. The van der Waals surface area contributed by atoms with Crippen molar-refractivity contribution >= 4 is 28.6 Å². The van der Waals surface area contributed by atoms with Crippen LogP contribution in [0.25, 0.3) is 22.2 Å². The van der Waals surface area contributed by atoms with Gasteiger partial charge in [-0.3, -0.25) is 9.59 Å². The molecule has 0 bridgehead atoms. The van der Waals surface area contributed by atoms with Gasteiger partial charge in [0.05, 0.1) is 56.8 Å². The zero-order valence-corrected chi connectivity index (χ0v) is 17.4. The SMILES string of the molecule is COC(=O)[C@@H]1C[C@H]1C(=O)Nc1cc2cc(-c3c(OC)ncc(F)c3OC)n(C)c2cn1. The average molecular weight is 428 g/mol. The van der Waals surface area contributed by atoms with Gasteiger partial charge in [0.1, 0.15) is 11.4 Å². The van der Waals surface area contributed by atoms with Crippen molar-refractivity contribution in [2.45, 2.75) is 6.42 Å². The van der Waals surface area contributed by atoms with E-state index in [0.717, 1.165) is 17.1 Å². The largest absolute Gasteiger partial charge is 0.493 e. The first-order valence-electron chi connectivity index (χ1n) is 9.50. The molecule has 1 aliphatic carbocycles. The molecular weight excluding hydrogens is 407 g/mol. The number of carbonyl (C=O) groups is 2. The Morgan fingerprint density at radius 1 is 1.13 bits per heavy atom. The average Bonchev–Trinajstić information content (AvgIpc) is 3.51. The zero-order chi connectivity index (χ0) is 22.3. The van der Waals surface area contributed by atoms with Gasteiger partial charge in [-0.15, -0.1) is 0 Å². The van der Waals surface area contributed by atoms with Crippen LogP contribution in [0.4, 0.5) is 10.2 Å². The van der Waals surface area contributed by atoms with E-state index in [-0.39, 0.29) is 23.5 Å². The highest BCUT2D eigenvalue weighted by atomic mass is 19.1. The Hall–Kier alpha value is -3.69. The highest BCUT2D eigenvalue weighted by Gasteiger charge is 2.49. The number of fused-ring (bicyclic) bond motifs is 1. The Bertz CT molecular complexity index is 1190. The number of esters is 1. The van der Waals surface area contributed by atoms with Crippen LogP contribution in [0.15, 0.2) is 24.5 Å². The lowest BCUT2D eigenvalue weighted by Crippen LogP contribution is -2.18. The normalized spacial score (nSPS) is 17.3. The van der Waals surface area contributed by atoms with Crippen LogP contribution in [0.1, 0.15) is 6.42 Å². The second kappa shape index (κ2) is 7.86. The van der Waals surface area contributed by atoms with Crippen LogP contribution in [0, 0.1) is 17.7 Å². The molecule has 4 rings (SSSR count). The van der Waals surface area contributed by atoms with Gasteiger partial charge in [-0.25, -0.2) is 14.4 Å². The summed E-state index contributed by atoms with van der Waals surface area (Å²) in [5.41, 5.74) is 1.72. The molecule has 0 aromatic carbocycles. The predicted molar refractivity (Wildman–Crippen MR) is 109 cm³/mol. The third-order valence-electron chi connectivity index (χ3n) is 5.42. The fourth-order valence-electron chi connectivity index (χ4n) is 3.69. The predicted octanol–water partition coefficient (Wildman–Crippen LogP) is 2.54. The summed E-state index contributed by atoms with van der Waals surface area (Å²) in [6.07, 6.45) is 3.10. The fourth-order valence-corrected chi connectivity index (χ4v) is 3.69. The maximum Gasteiger partial charge on any atom is 0.309 e. The van der Waals surface area contributed by atoms with Crippen LogP contribution in [0.3, 0.4) is 0 Å². The zero-order valence-electron chi connectivity index (χ0n) is 17.4. The number of halogens is 1. The lowest BCUT2D eigenvalue weighted by atomic mass is 10.1. The van der Waals surface area contributed by atoms with Crippen molar-refractivity contribution in [2.75, 3.05) is 26.6 Å². The summed E-state index contributed by atoms with van der Waals surface area (Å²) >= 11 is 0. The van der Waals surface area contributed by atoms with E-state index in [2.05, 4.69) is 20.0 Å². The third-order valence-corrected chi connectivity index (χ3v) is 5.42. The highest BCUT2D eigenvalue weighted by Crippen LogP contribution is 2.42. The van der Waals surface area contributed by atoms with Crippen molar-refractivity contribution in [3.05, 3.63) is 30.3 Å². The molecule has 3 aromatic rings. The van der Waals surface area contributed by atoms with Crippen molar-refractivity contribution in [1.29, 1.82) is 0 Å². The van der Waals surface area contributed by atoms with Crippen molar-refractivity contribution in [1.82, 2.24) is 14.5 Å². The molecule has 0 aliphatic heterocycles. The number of methoxy groups -OCH3 is 3. The topological polar surface area (TPSA) is 105 Å². The quantitative estimate of drug-likeness (QED) is 0.602. The second-order valence-corrected chi connectivity index (χ2v) is 7.20. The van der Waals surface area contributed by atoms with E-state index < -0.39 is 17.7 Å². The van der Waals surface area contributed by atoms with Crippen LogP contribution >= 0.6 is 0 Å². The van der Waals surface area contributed by atoms with Crippen LogP contribution in [-0.2, 0) is 21.4 Å². The Morgan fingerprint density at radius 2 is 1.90 bits per heavy atom. The number of hydrogen-bond acceptors (Lipinski definition) is 7. The summed E-state index contributed by atoms with van der Waals surface area (Å²) in [5, 5.41) is 3.50. The standard InChI is InChI=1S/C21H21FN4O5/c1-26-14(17-18(29-2)13(22)8-24-20(17)30-3)5-10-6-16(23-9-15(10)26)25-19(27)11-7-12(11)21(28)31-4/h5-6,8-9,11-12H,7H2,1-4H3,(H,23,25,27)/t11-,12-/m1/s1. The van der Waals surface area contributed by atoms with E-state index in [1.807, 2.05) is 10.6 Å². The summed E-state index contributed by atoms with van der Waals surface area (Å²) in [6, 6.07) is 3.51. The summed E-state index contributed by atoms with van der Waals surface area (Å²) in [7, 11) is 5.92. The van der Waals surface area contributed by atoms with Gasteiger partial charge < -0.3 is 24.1 Å². The number of ether oxygens (including phenoxy) is 3. The summed E-state index contributed by atoms with van der Waals surface area (Å²) in [5.74, 6) is -1.52. The van der Waals surface area contributed by atoms with Gasteiger partial charge in [-0.05, 0) is 18.6 Å². The number of nitrogens with zero attached hydrogens (tertiary/aromatic N) is 3. The molecule has 1 saturated carbocycles. The van der Waals surface area contributed by atoms with Crippen LogP contribution in [0.5, 0.6) is 11.6 Å². The van der Waals surface area contributed by atoms with Crippen LogP contribution in [0.2, 0.25) is 0 Å². The smallest absolute Gasteiger partial charge is 0.309 e. The van der Waals surface area contributed by atoms with Crippen molar-refractivity contribution in [3.8, 4) is 22.9 Å². The number of nitrogens with one attached hydrogen (secondary N) is 1. The molecular formula is C21H21FN4O5. The number of carbonyl (C=O) groups excluding carboxylic acids is 2. The number of aromatic nitrogens is 3. The molecule has 10 heteroatoms. The van der Waals surface area contributed by atoms with E-state index in [9.17, 15) is 14.0 Å². The second-order valence-electron chi connectivity index (χ2n) is 7.20. The van der Waals surface area contributed by atoms with Gasteiger partial charge >= 0.3 is 5.97 Å². The van der Waals surface area contributed by atoms with E-state index in [1.165, 1.54) is 21.3 Å². The molecule has 9 nitrogen and oxygen atoms in total. The van der Waals surface area contributed by atoms with Gasteiger partial charge in [0.25, 0.3) is 0 Å². The van der Waals surface area contributed by atoms with Crippen LogP contribution in [-0.4, -0.2) is 47.7 Å². The number of hydrogen-bond donors (Lipinski definition) is 1. The van der Waals surface area contributed by atoms with E-state index >= 15 is 0 Å². The number of pyridine rings is 2. The van der Waals surface area contributed by atoms with Crippen molar-refractivity contribution < 1.29 is 28.2 Å². The molecule has 0 unspecified atom stereocenters. The maximum absolute atomic E-state index is 14.3. The number of aryl methyl sites for hydroxylation is 1. The van der Waals surface area contributed by atoms with Gasteiger partial charge in [0, 0.05) is 12.4 Å². The van der Waals surface area contributed by atoms with E-state index in [0.29, 0.717) is 23.5 Å². The van der Waals surface area contributed by atoms with Crippen molar-refractivity contribution in [3.63, 3.8) is 0 Å². The van der Waals surface area contributed by atoms with Gasteiger partial charge in [0.15, 0.2) is 11.6 Å². The molecule has 1 aliphatic rings. The summed E-state index contributed by atoms with van der Waals surface area (Å²) < 4.78 is 31.4. The lowest BCUT2D eigenvalue weighted by Gasteiger charge is -2.13. The Labute approximate surface area is 177 Å². The molecule has 0 saturated heterocycles. The Morgan fingerprint density at radius 3 is 2.58 bits per heavy atom.